The van der Waals surface area contributed by atoms with E-state index < -0.39 is 0 Å². The Labute approximate surface area is 122 Å². The molecule has 0 aromatic carbocycles. The molecule has 3 unspecified atom stereocenters. The summed E-state index contributed by atoms with van der Waals surface area (Å²) < 4.78 is 0. The van der Waals surface area contributed by atoms with Crippen LogP contribution in [0.15, 0.2) is 12.7 Å². The minimum absolute atomic E-state index is 0.705. The van der Waals surface area contributed by atoms with E-state index in [4.69, 9.17) is 0 Å². The van der Waals surface area contributed by atoms with Gasteiger partial charge in [-0.25, -0.2) is 0 Å². The van der Waals surface area contributed by atoms with E-state index in [-0.39, 0.29) is 0 Å². The molecular weight excluding hydrogens is 258 g/mol. The lowest BCUT2D eigenvalue weighted by molar-refractivity contribution is 0.463. The van der Waals surface area contributed by atoms with Crippen molar-refractivity contribution in [1.82, 2.24) is 5.32 Å². The van der Waals surface area contributed by atoms with Crippen molar-refractivity contribution in [2.45, 2.75) is 62.0 Å². The van der Waals surface area contributed by atoms with Crippen molar-refractivity contribution in [2.24, 2.45) is 0 Å². The molecule has 1 saturated heterocycles. The van der Waals surface area contributed by atoms with Crippen molar-refractivity contribution >= 4 is 23.5 Å². The second-order valence-electron chi connectivity index (χ2n) is 4.97. The van der Waals surface area contributed by atoms with Gasteiger partial charge in [-0.3, -0.25) is 0 Å². The van der Waals surface area contributed by atoms with Gasteiger partial charge in [-0.05, 0) is 32.7 Å². The molecule has 1 N–H and O–H groups in total. The van der Waals surface area contributed by atoms with Gasteiger partial charge in [0.15, 0.2) is 0 Å². The summed E-state index contributed by atoms with van der Waals surface area (Å²) in [6.07, 6.45) is 9.89. The Morgan fingerprint density at radius 2 is 2.06 bits per heavy atom. The van der Waals surface area contributed by atoms with Gasteiger partial charge in [0.2, 0.25) is 0 Å². The van der Waals surface area contributed by atoms with Gasteiger partial charge >= 0.3 is 0 Å². The average Bonchev–Trinajstić information content (AvgIpc) is 2.43. The van der Waals surface area contributed by atoms with Crippen LogP contribution in [0.3, 0.4) is 0 Å². The Balaban J connectivity index is 2.31. The lowest BCUT2D eigenvalue weighted by Gasteiger charge is -2.36. The highest BCUT2D eigenvalue weighted by molar-refractivity contribution is 8.07. The van der Waals surface area contributed by atoms with Gasteiger partial charge in [0.05, 0.1) is 0 Å². The molecule has 1 aliphatic rings. The standard InChI is InChI=1S/C15H29NS2/c1-4-6-7-8-9-10-13(16-3)15-14(5-2)17-11-12-18-15/h4,13-16H,1,5-12H2,2-3H3. The average molecular weight is 288 g/mol. The van der Waals surface area contributed by atoms with Crippen LogP contribution in [0, 0.1) is 0 Å². The minimum Gasteiger partial charge on any atom is -0.316 e. The Hall–Kier alpha value is 0.400. The van der Waals surface area contributed by atoms with Crippen LogP contribution in [0.2, 0.25) is 0 Å². The second-order valence-corrected chi connectivity index (χ2v) is 7.61. The lowest BCUT2D eigenvalue weighted by Crippen LogP contribution is -2.43. The molecule has 0 aromatic heterocycles. The van der Waals surface area contributed by atoms with Crippen LogP contribution in [0.1, 0.15) is 45.4 Å². The van der Waals surface area contributed by atoms with Crippen LogP contribution in [0.25, 0.3) is 0 Å². The van der Waals surface area contributed by atoms with Crippen molar-refractivity contribution in [3.8, 4) is 0 Å². The zero-order valence-electron chi connectivity index (χ0n) is 12.0. The maximum Gasteiger partial charge on any atom is 0.0320 e. The Morgan fingerprint density at radius 3 is 2.72 bits per heavy atom. The van der Waals surface area contributed by atoms with Crippen LogP contribution in [-0.2, 0) is 0 Å². The third-order valence-electron chi connectivity index (χ3n) is 3.69. The van der Waals surface area contributed by atoms with E-state index in [2.05, 4.69) is 49.4 Å². The first-order chi connectivity index (χ1) is 8.83. The molecule has 0 aromatic rings. The first kappa shape index (κ1) is 16.5. The Bertz CT molecular complexity index is 221. The SMILES string of the molecule is C=CCCCCCC(NC)C1SCCSC1CC. The second kappa shape index (κ2) is 10.2. The molecule has 1 rings (SSSR count). The summed E-state index contributed by atoms with van der Waals surface area (Å²) in [5, 5.41) is 5.25. The van der Waals surface area contributed by atoms with Crippen molar-refractivity contribution in [3.05, 3.63) is 12.7 Å². The molecule has 0 saturated carbocycles. The summed E-state index contributed by atoms with van der Waals surface area (Å²) in [4.78, 5) is 0. The van der Waals surface area contributed by atoms with E-state index in [1.807, 2.05) is 6.08 Å². The maximum absolute atomic E-state index is 3.79. The first-order valence-electron chi connectivity index (χ1n) is 7.34. The summed E-state index contributed by atoms with van der Waals surface area (Å²) in [5.74, 6) is 2.68. The number of hydrogen-bond donors (Lipinski definition) is 1. The van der Waals surface area contributed by atoms with Gasteiger partial charge in [-0.1, -0.05) is 25.8 Å². The van der Waals surface area contributed by atoms with Crippen LogP contribution in [0.4, 0.5) is 0 Å². The quantitative estimate of drug-likeness (QED) is 0.500. The predicted octanol–water partition coefficient (Wildman–Crippen LogP) is 4.34. The number of rotatable bonds is 9. The fourth-order valence-corrected chi connectivity index (χ4v) is 5.96. The molecule has 1 nitrogen and oxygen atoms in total. The molecule has 3 heteroatoms. The molecule has 3 atom stereocenters. The Morgan fingerprint density at radius 1 is 1.28 bits per heavy atom. The van der Waals surface area contributed by atoms with Crippen molar-refractivity contribution in [2.75, 3.05) is 18.6 Å². The number of thioether (sulfide) groups is 2. The van der Waals surface area contributed by atoms with Gasteiger partial charge < -0.3 is 5.32 Å². The molecular formula is C15H29NS2. The van der Waals surface area contributed by atoms with Gasteiger partial charge in [-0.2, -0.15) is 23.5 Å². The van der Waals surface area contributed by atoms with Crippen LogP contribution < -0.4 is 5.32 Å². The van der Waals surface area contributed by atoms with Gasteiger partial charge in [0.1, 0.15) is 0 Å². The first-order valence-corrected chi connectivity index (χ1v) is 9.44. The summed E-state index contributed by atoms with van der Waals surface area (Å²) in [6.45, 7) is 6.13. The molecule has 0 aliphatic carbocycles. The molecule has 0 spiro atoms. The third kappa shape index (κ3) is 5.58. The van der Waals surface area contributed by atoms with Crippen LogP contribution in [-0.4, -0.2) is 35.1 Å². The summed E-state index contributed by atoms with van der Waals surface area (Å²) in [7, 11) is 2.14. The fraction of sp³-hybridized carbons (Fsp3) is 0.867. The highest BCUT2D eigenvalue weighted by atomic mass is 32.2. The molecule has 1 heterocycles. The third-order valence-corrected chi connectivity index (χ3v) is 7.09. The van der Waals surface area contributed by atoms with Crippen molar-refractivity contribution < 1.29 is 0 Å². The molecule has 1 fully saturated rings. The van der Waals surface area contributed by atoms with Crippen LogP contribution in [0.5, 0.6) is 0 Å². The van der Waals surface area contributed by atoms with E-state index in [9.17, 15) is 0 Å². The van der Waals surface area contributed by atoms with E-state index >= 15 is 0 Å². The van der Waals surface area contributed by atoms with E-state index in [0.717, 1.165) is 10.5 Å². The fourth-order valence-electron chi connectivity index (χ4n) is 2.61. The number of allylic oxidation sites excluding steroid dienone is 1. The molecule has 106 valence electrons. The topological polar surface area (TPSA) is 12.0 Å². The van der Waals surface area contributed by atoms with Gasteiger partial charge in [0.25, 0.3) is 0 Å². The molecule has 1 aliphatic heterocycles. The lowest BCUT2D eigenvalue weighted by atomic mass is 10.0. The number of unbranched alkanes of at least 4 members (excludes halogenated alkanes) is 3. The highest BCUT2D eigenvalue weighted by Gasteiger charge is 2.30. The van der Waals surface area contributed by atoms with E-state index in [1.54, 1.807) is 0 Å². The van der Waals surface area contributed by atoms with Crippen molar-refractivity contribution in [1.29, 1.82) is 0 Å². The molecule has 0 radical (unpaired) electrons. The largest absolute Gasteiger partial charge is 0.316 e. The molecule has 0 bridgehead atoms. The van der Waals surface area contributed by atoms with Crippen molar-refractivity contribution in [3.63, 3.8) is 0 Å². The van der Waals surface area contributed by atoms with E-state index in [1.165, 1.54) is 50.0 Å². The highest BCUT2D eigenvalue weighted by Crippen LogP contribution is 2.36. The summed E-state index contributed by atoms with van der Waals surface area (Å²) >= 11 is 4.39. The zero-order chi connectivity index (χ0) is 13.2. The maximum atomic E-state index is 3.79. The number of nitrogens with one attached hydrogen (secondary N) is 1. The normalized spacial score (nSPS) is 25.9. The van der Waals surface area contributed by atoms with Gasteiger partial charge in [0, 0.05) is 28.0 Å². The van der Waals surface area contributed by atoms with Gasteiger partial charge in [-0.15, -0.1) is 6.58 Å². The van der Waals surface area contributed by atoms with Crippen LogP contribution >= 0.6 is 23.5 Å². The summed E-state index contributed by atoms with van der Waals surface area (Å²) in [5.41, 5.74) is 0. The molecule has 0 amide bonds. The Kier molecular flexibility index (Phi) is 9.34. The predicted molar refractivity (Wildman–Crippen MR) is 88.9 cm³/mol. The van der Waals surface area contributed by atoms with E-state index in [0.29, 0.717) is 6.04 Å². The molecule has 18 heavy (non-hydrogen) atoms. The smallest absolute Gasteiger partial charge is 0.0320 e. The zero-order valence-corrected chi connectivity index (χ0v) is 13.6. The monoisotopic (exact) mass is 287 g/mol. The minimum atomic E-state index is 0.705. The number of hydrogen-bond acceptors (Lipinski definition) is 3. The summed E-state index contributed by atoms with van der Waals surface area (Å²) in [6, 6.07) is 0.705.